The van der Waals surface area contributed by atoms with Gasteiger partial charge in [0.05, 0.1) is 0 Å². The zero-order valence-corrected chi connectivity index (χ0v) is 11.3. The van der Waals surface area contributed by atoms with Gasteiger partial charge < -0.3 is 5.73 Å². The number of hydrogen-bond acceptors (Lipinski definition) is 1. The van der Waals surface area contributed by atoms with Crippen LogP contribution in [0.3, 0.4) is 0 Å². The Morgan fingerprint density at radius 1 is 1.00 bits per heavy atom. The van der Waals surface area contributed by atoms with Crippen molar-refractivity contribution in [3.8, 4) is 0 Å². The van der Waals surface area contributed by atoms with Crippen molar-refractivity contribution in [1.82, 2.24) is 0 Å². The third kappa shape index (κ3) is 1.88. The van der Waals surface area contributed by atoms with Crippen molar-refractivity contribution >= 4 is 10.8 Å². The number of benzene rings is 2. The Kier molecular flexibility index (Phi) is 2.63. The van der Waals surface area contributed by atoms with Crippen molar-refractivity contribution in [2.45, 2.75) is 31.7 Å². The Morgan fingerprint density at radius 3 is 2.58 bits per heavy atom. The molecule has 0 aliphatic heterocycles. The third-order valence-corrected chi connectivity index (χ3v) is 5.30. The molecule has 1 nitrogen and oxygen atoms in total. The van der Waals surface area contributed by atoms with E-state index in [1.165, 1.54) is 35.6 Å². The molecule has 0 saturated heterocycles. The van der Waals surface area contributed by atoms with Gasteiger partial charge in [0.2, 0.25) is 0 Å². The molecule has 2 aromatic carbocycles. The Balaban J connectivity index is 1.58. The van der Waals surface area contributed by atoms with Crippen LogP contribution in [0.25, 0.3) is 10.8 Å². The molecule has 2 saturated carbocycles. The van der Waals surface area contributed by atoms with Crippen LogP contribution in [0.2, 0.25) is 0 Å². The standard InChI is InChI=1S/C18H21N/c19-17(18-15-9-4-10-16(15)18)11-13-7-3-6-12-5-1-2-8-14(12)13/h1-3,5-8,15-18H,4,9-11,19H2. The van der Waals surface area contributed by atoms with E-state index in [-0.39, 0.29) is 0 Å². The summed E-state index contributed by atoms with van der Waals surface area (Å²) in [4.78, 5) is 0. The van der Waals surface area contributed by atoms with Crippen LogP contribution in [0.5, 0.6) is 0 Å². The van der Waals surface area contributed by atoms with Crippen molar-refractivity contribution in [3.05, 3.63) is 48.0 Å². The lowest BCUT2D eigenvalue weighted by molar-refractivity contribution is 0.485. The number of nitrogens with two attached hydrogens (primary N) is 1. The van der Waals surface area contributed by atoms with Gasteiger partial charge >= 0.3 is 0 Å². The van der Waals surface area contributed by atoms with Crippen LogP contribution in [0, 0.1) is 17.8 Å². The topological polar surface area (TPSA) is 26.0 Å². The molecule has 1 heteroatoms. The normalized spacial score (nSPS) is 30.3. The minimum Gasteiger partial charge on any atom is -0.327 e. The molecule has 2 aliphatic rings. The zero-order valence-electron chi connectivity index (χ0n) is 11.3. The minimum absolute atomic E-state index is 0.362. The van der Waals surface area contributed by atoms with E-state index in [0.717, 1.165) is 24.2 Å². The Labute approximate surface area is 114 Å². The van der Waals surface area contributed by atoms with Crippen molar-refractivity contribution in [2.75, 3.05) is 0 Å². The molecule has 0 radical (unpaired) electrons. The largest absolute Gasteiger partial charge is 0.327 e. The lowest BCUT2D eigenvalue weighted by Crippen LogP contribution is -2.27. The molecule has 3 atom stereocenters. The number of hydrogen-bond donors (Lipinski definition) is 1. The molecule has 3 unspecified atom stereocenters. The molecule has 4 rings (SSSR count). The second-order valence-electron chi connectivity index (χ2n) is 6.34. The van der Waals surface area contributed by atoms with E-state index < -0.39 is 0 Å². The summed E-state index contributed by atoms with van der Waals surface area (Å²) in [6, 6.07) is 15.6. The Bertz CT molecular complexity index is 588. The quantitative estimate of drug-likeness (QED) is 0.883. The predicted octanol–water partition coefficient (Wildman–Crippen LogP) is 3.76. The summed E-state index contributed by atoms with van der Waals surface area (Å²) < 4.78 is 0. The van der Waals surface area contributed by atoms with Crippen molar-refractivity contribution < 1.29 is 0 Å². The monoisotopic (exact) mass is 251 g/mol. The molecule has 0 bridgehead atoms. The van der Waals surface area contributed by atoms with Gasteiger partial charge in [0.15, 0.2) is 0 Å². The van der Waals surface area contributed by atoms with Crippen LogP contribution in [0.15, 0.2) is 42.5 Å². The molecular formula is C18H21N. The highest BCUT2D eigenvalue weighted by atomic mass is 14.7. The summed E-state index contributed by atoms with van der Waals surface area (Å²) in [5, 5.41) is 2.72. The molecule has 0 heterocycles. The van der Waals surface area contributed by atoms with Crippen LogP contribution < -0.4 is 5.73 Å². The molecule has 2 fully saturated rings. The first-order valence-corrected chi connectivity index (χ1v) is 7.57. The molecule has 0 aromatic heterocycles. The highest BCUT2D eigenvalue weighted by Gasteiger charge is 2.54. The molecule has 19 heavy (non-hydrogen) atoms. The van der Waals surface area contributed by atoms with E-state index in [4.69, 9.17) is 5.73 Å². The fraction of sp³-hybridized carbons (Fsp3) is 0.444. The molecule has 0 amide bonds. The summed E-state index contributed by atoms with van der Waals surface area (Å²) in [6.07, 6.45) is 5.34. The predicted molar refractivity (Wildman–Crippen MR) is 79.9 cm³/mol. The fourth-order valence-corrected chi connectivity index (χ4v) is 4.37. The zero-order chi connectivity index (χ0) is 12.8. The second-order valence-corrected chi connectivity index (χ2v) is 6.34. The third-order valence-electron chi connectivity index (χ3n) is 5.30. The minimum atomic E-state index is 0.362. The molecule has 98 valence electrons. The summed E-state index contributed by atoms with van der Waals surface area (Å²) in [7, 11) is 0. The molecule has 0 spiro atoms. The maximum Gasteiger partial charge on any atom is 0.0113 e. The lowest BCUT2D eigenvalue weighted by Gasteiger charge is -2.15. The summed E-state index contributed by atoms with van der Waals surface area (Å²) in [5.41, 5.74) is 7.92. The van der Waals surface area contributed by atoms with Gasteiger partial charge in [0, 0.05) is 6.04 Å². The van der Waals surface area contributed by atoms with Gasteiger partial charge in [-0.3, -0.25) is 0 Å². The number of rotatable bonds is 3. The molecule has 2 aliphatic carbocycles. The maximum absolute atomic E-state index is 6.49. The molecule has 2 N–H and O–H groups in total. The SMILES string of the molecule is NC(Cc1cccc2ccccc12)C1C2CCCC21. The van der Waals surface area contributed by atoms with Crippen LogP contribution >= 0.6 is 0 Å². The van der Waals surface area contributed by atoms with Gasteiger partial charge in [-0.05, 0) is 53.4 Å². The van der Waals surface area contributed by atoms with Crippen molar-refractivity contribution in [2.24, 2.45) is 23.5 Å². The van der Waals surface area contributed by atoms with Crippen molar-refractivity contribution in [3.63, 3.8) is 0 Å². The number of fused-ring (bicyclic) bond motifs is 2. The Morgan fingerprint density at radius 2 is 1.74 bits per heavy atom. The van der Waals surface area contributed by atoms with Crippen LogP contribution in [-0.2, 0) is 6.42 Å². The van der Waals surface area contributed by atoms with Gasteiger partial charge in [0.25, 0.3) is 0 Å². The highest BCUT2D eigenvalue weighted by molar-refractivity contribution is 5.85. The molecule has 2 aromatic rings. The van der Waals surface area contributed by atoms with E-state index in [1.807, 2.05) is 0 Å². The lowest BCUT2D eigenvalue weighted by atomic mass is 9.94. The smallest absolute Gasteiger partial charge is 0.0113 e. The van der Waals surface area contributed by atoms with Gasteiger partial charge in [-0.2, -0.15) is 0 Å². The van der Waals surface area contributed by atoms with E-state index >= 15 is 0 Å². The summed E-state index contributed by atoms with van der Waals surface area (Å²) in [5.74, 6) is 2.74. The second kappa shape index (κ2) is 4.35. The van der Waals surface area contributed by atoms with E-state index in [1.54, 1.807) is 0 Å². The van der Waals surface area contributed by atoms with E-state index in [0.29, 0.717) is 6.04 Å². The van der Waals surface area contributed by atoms with Crippen molar-refractivity contribution in [1.29, 1.82) is 0 Å². The summed E-state index contributed by atoms with van der Waals surface area (Å²) in [6.45, 7) is 0. The average molecular weight is 251 g/mol. The van der Waals surface area contributed by atoms with E-state index in [2.05, 4.69) is 42.5 Å². The first kappa shape index (κ1) is 11.5. The van der Waals surface area contributed by atoms with Gasteiger partial charge in [-0.15, -0.1) is 0 Å². The first-order chi connectivity index (χ1) is 9.34. The molecular weight excluding hydrogens is 230 g/mol. The summed E-state index contributed by atoms with van der Waals surface area (Å²) >= 11 is 0. The van der Waals surface area contributed by atoms with Gasteiger partial charge in [-0.25, -0.2) is 0 Å². The van der Waals surface area contributed by atoms with E-state index in [9.17, 15) is 0 Å². The first-order valence-electron chi connectivity index (χ1n) is 7.57. The highest BCUT2D eigenvalue weighted by Crippen LogP contribution is 2.58. The maximum atomic E-state index is 6.49. The Hall–Kier alpha value is -1.34. The fourth-order valence-electron chi connectivity index (χ4n) is 4.37. The van der Waals surface area contributed by atoms with Crippen LogP contribution in [0.1, 0.15) is 24.8 Å². The van der Waals surface area contributed by atoms with Gasteiger partial charge in [-0.1, -0.05) is 48.9 Å². The van der Waals surface area contributed by atoms with Crippen LogP contribution in [-0.4, -0.2) is 6.04 Å². The van der Waals surface area contributed by atoms with Gasteiger partial charge in [0.1, 0.15) is 0 Å². The average Bonchev–Trinajstić information content (AvgIpc) is 2.93. The van der Waals surface area contributed by atoms with Crippen LogP contribution in [0.4, 0.5) is 0 Å².